The van der Waals surface area contributed by atoms with Gasteiger partial charge in [-0.2, -0.15) is 4.31 Å². The maximum absolute atomic E-state index is 13.3. The number of para-hydroxylation sites is 1. The van der Waals surface area contributed by atoms with Crippen LogP contribution in [-0.4, -0.2) is 85.9 Å². The van der Waals surface area contributed by atoms with Crippen LogP contribution < -0.4 is 5.32 Å². The van der Waals surface area contributed by atoms with Crippen LogP contribution in [-0.2, 0) is 29.1 Å². The van der Waals surface area contributed by atoms with Crippen molar-refractivity contribution in [2.45, 2.75) is 29.5 Å². The van der Waals surface area contributed by atoms with E-state index in [1.807, 2.05) is 25.1 Å². The van der Waals surface area contributed by atoms with Gasteiger partial charge in [-0.05, 0) is 43.3 Å². The molecule has 2 aromatic carbocycles. The van der Waals surface area contributed by atoms with Gasteiger partial charge in [-0.15, -0.1) is 0 Å². The van der Waals surface area contributed by atoms with E-state index in [-0.39, 0.29) is 29.2 Å². The van der Waals surface area contributed by atoms with Crippen molar-refractivity contribution < 1.29 is 27.5 Å². The number of amides is 2. The normalized spacial score (nSPS) is 20.8. The number of amidine groups is 1. The number of aliphatic imine (C=N–C) groups is 1. The van der Waals surface area contributed by atoms with Gasteiger partial charge in [0.15, 0.2) is 5.17 Å². The molecule has 2 saturated heterocycles. The smallest absolute Gasteiger partial charge is 0.243 e. The zero-order valence-electron chi connectivity index (χ0n) is 20.7. The summed E-state index contributed by atoms with van der Waals surface area (Å²) in [4.78, 5) is 32.2. The summed E-state index contributed by atoms with van der Waals surface area (Å²) in [5, 5.41) is 2.62. The quantitative estimate of drug-likeness (QED) is 0.514. The summed E-state index contributed by atoms with van der Waals surface area (Å²) in [6.07, 6.45) is -0.00958. The Bertz CT molecular complexity index is 1230. The van der Waals surface area contributed by atoms with Gasteiger partial charge in [0.05, 0.1) is 36.4 Å². The fourth-order valence-corrected chi connectivity index (χ4v) is 6.71. The van der Waals surface area contributed by atoms with Gasteiger partial charge in [-0.1, -0.05) is 30.0 Å². The lowest BCUT2D eigenvalue weighted by Crippen LogP contribution is -2.42. The minimum atomic E-state index is -3.62. The summed E-state index contributed by atoms with van der Waals surface area (Å²) in [5.74, 6) is -0.488. The second-order valence-corrected chi connectivity index (χ2v) is 11.7. The van der Waals surface area contributed by atoms with Gasteiger partial charge >= 0.3 is 0 Å². The van der Waals surface area contributed by atoms with Crippen LogP contribution in [0.15, 0.2) is 64.5 Å². The van der Waals surface area contributed by atoms with Crippen LogP contribution in [0.25, 0.3) is 0 Å². The van der Waals surface area contributed by atoms with Crippen molar-refractivity contribution in [3.63, 3.8) is 0 Å². The number of nitrogens with one attached hydrogen (secondary N) is 1. The monoisotopic (exact) mass is 546 g/mol. The number of sulfonamides is 1. The first-order valence-corrected chi connectivity index (χ1v) is 14.2. The largest absolute Gasteiger partial charge is 0.383 e. The van der Waals surface area contributed by atoms with E-state index < -0.39 is 15.3 Å². The summed E-state index contributed by atoms with van der Waals surface area (Å²) >= 11 is 1.22. The number of nitrogens with zero attached hydrogens (tertiary/aromatic N) is 3. The van der Waals surface area contributed by atoms with Crippen molar-refractivity contribution in [3.05, 3.63) is 54.6 Å². The molecule has 0 unspecified atom stereocenters. The number of carbonyl (C=O) groups excluding carboxylic acids is 2. The number of carbonyl (C=O) groups is 2. The van der Waals surface area contributed by atoms with Crippen LogP contribution in [0.5, 0.6) is 0 Å². The number of hydrogen-bond donors (Lipinski definition) is 1. The van der Waals surface area contributed by atoms with Crippen molar-refractivity contribution in [3.8, 4) is 0 Å². The molecule has 0 aliphatic carbocycles. The highest BCUT2D eigenvalue weighted by atomic mass is 32.2. The van der Waals surface area contributed by atoms with Crippen LogP contribution in [0.4, 0.5) is 11.4 Å². The van der Waals surface area contributed by atoms with Crippen LogP contribution >= 0.6 is 11.8 Å². The van der Waals surface area contributed by atoms with E-state index in [4.69, 9.17) is 9.47 Å². The van der Waals surface area contributed by atoms with E-state index in [1.54, 1.807) is 36.3 Å². The highest BCUT2D eigenvalue weighted by molar-refractivity contribution is 8.15. The predicted molar refractivity (Wildman–Crippen MR) is 142 cm³/mol. The van der Waals surface area contributed by atoms with Gasteiger partial charge < -0.3 is 14.8 Å². The Hall–Kier alpha value is -2.77. The van der Waals surface area contributed by atoms with Crippen molar-refractivity contribution >= 4 is 50.1 Å². The molecule has 2 heterocycles. The maximum atomic E-state index is 13.3. The Morgan fingerprint density at radius 3 is 2.49 bits per heavy atom. The van der Waals surface area contributed by atoms with Gasteiger partial charge in [-0.3, -0.25) is 14.5 Å². The molecular weight excluding hydrogens is 516 g/mol. The van der Waals surface area contributed by atoms with E-state index in [2.05, 4.69) is 10.3 Å². The molecule has 2 amide bonds. The topological polar surface area (TPSA) is 118 Å². The molecule has 0 saturated carbocycles. The molecule has 1 N–H and O–H groups in total. The number of thioether (sulfide) groups is 1. The maximum Gasteiger partial charge on any atom is 0.243 e. The summed E-state index contributed by atoms with van der Waals surface area (Å²) in [7, 11) is -2.07. The van der Waals surface area contributed by atoms with Gasteiger partial charge in [0, 0.05) is 32.3 Å². The molecule has 37 heavy (non-hydrogen) atoms. The molecular formula is C25H30N4O6S2. The molecule has 12 heteroatoms. The molecule has 198 valence electrons. The molecule has 0 aromatic heterocycles. The minimum absolute atomic E-state index is 0.00958. The second kappa shape index (κ2) is 12.2. The lowest BCUT2D eigenvalue weighted by molar-refractivity contribution is -0.130. The lowest BCUT2D eigenvalue weighted by Gasteiger charge is -2.26. The van der Waals surface area contributed by atoms with Crippen LogP contribution in [0.1, 0.15) is 13.3 Å². The summed E-state index contributed by atoms with van der Waals surface area (Å²) in [5.41, 5.74) is 1.16. The third-order valence-electron chi connectivity index (χ3n) is 5.91. The summed E-state index contributed by atoms with van der Waals surface area (Å²) in [6, 6.07) is 15.0. The van der Waals surface area contributed by atoms with Crippen molar-refractivity contribution in [1.29, 1.82) is 0 Å². The zero-order valence-corrected chi connectivity index (χ0v) is 22.3. The molecule has 2 atom stereocenters. The Labute approximate surface area is 221 Å². The number of anilines is 1. The SMILES string of the molecule is COC[C@@H](C)N1C(=O)[C@H](CC(=O)Nc2ccccc2)SC1=Nc1ccc(S(=O)(=O)N2CCOCC2)cc1. The molecule has 2 fully saturated rings. The zero-order chi connectivity index (χ0) is 26.4. The third kappa shape index (κ3) is 6.57. The van der Waals surface area contributed by atoms with E-state index in [9.17, 15) is 18.0 Å². The van der Waals surface area contributed by atoms with Crippen molar-refractivity contribution in [2.24, 2.45) is 4.99 Å². The first-order chi connectivity index (χ1) is 17.8. The summed E-state index contributed by atoms with van der Waals surface area (Å²) < 4.78 is 37.7. The third-order valence-corrected chi connectivity index (χ3v) is 8.98. The Morgan fingerprint density at radius 2 is 1.84 bits per heavy atom. The highest BCUT2D eigenvalue weighted by Gasteiger charge is 2.41. The highest BCUT2D eigenvalue weighted by Crippen LogP contribution is 2.34. The first kappa shape index (κ1) is 27.3. The van der Waals surface area contributed by atoms with Gasteiger partial charge in [0.1, 0.15) is 5.25 Å². The number of morpholine rings is 1. The molecule has 2 aliphatic heterocycles. The van der Waals surface area contributed by atoms with Crippen LogP contribution in [0.3, 0.4) is 0 Å². The van der Waals surface area contributed by atoms with E-state index >= 15 is 0 Å². The molecule has 4 rings (SSSR count). The number of methoxy groups -OCH3 is 1. The van der Waals surface area contributed by atoms with Crippen LogP contribution in [0, 0.1) is 0 Å². The van der Waals surface area contributed by atoms with E-state index in [0.29, 0.717) is 49.5 Å². The Balaban J connectivity index is 1.52. The minimum Gasteiger partial charge on any atom is -0.383 e. The molecule has 0 radical (unpaired) electrons. The number of ether oxygens (including phenoxy) is 2. The lowest BCUT2D eigenvalue weighted by atomic mass is 10.2. The Morgan fingerprint density at radius 1 is 1.16 bits per heavy atom. The predicted octanol–water partition coefficient (Wildman–Crippen LogP) is 2.70. The average Bonchev–Trinajstić information content (AvgIpc) is 3.19. The van der Waals surface area contributed by atoms with E-state index in [1.165, 1.54) is 28.2 Å². The number of hydrogen-bond acceptors (Lipinski definition) is 8. The summed E-state index contributed by atoms with van der Waals surface area (Å²) in [6.45, 7) is 3.52. The van der Waals surface area contributed by atoms with Crippen LogP contribution in [0.2, 0.25) is 0 Å². The molecule has 2 aromatic rings. The Kier molecular flexibility index (Phi) is 8.98. The second-order valence-electron chi connectivity index (χ2n) is 8.64. The van der Waals surface area contributed by atoms with Gasteiger partial charge in [-0.25, -0.2) is 13.4 Å². The number of rotatable bonds is 9. The van der Waals surface area contributed by atoms with Crippen molar-refractivity contribution in [1.82, 2.24) is 9.21 Å². The molecule has 2 aliphatic rings. The van der Waals surface area contributed by atoms with E-state index in [0.717, 1.165) is 0 Å². The van der Waals surface area contributed by atoms with Crippen molar-refractivity contribution in [2.75, 3.05) is 45.3 Å². The average molecular weight is 547 g/mol. The van der Waals surface area contributed by atoms with Gasteiger partial charge in [0.2, 0.25) is 21.8 Å². The fraction of sp³-hybridized carbons (Fsp3) is 0.400. The molecule has 10 nitrogen and oxygen atoms in total. The molecule has 0 spiro atoms. The van der Waals surface area contributed by atoms with Gasteiger partial charge in [0.25, 0.3) is 0 Å². The standard InChI is InChI=1S/C25H30N4O6S2/c1-18(17-34-2)29-24(31)22(16-23(30)26-19-6-4-3-5-7-19)36-25(29)27-20-8-10-21(11-9-20)37(32,33)28-12-14-35-15-13-28/h3-11,18,22H,12-17H2,1-2H3,(H,26,30)/t18-,22+/m1/s1. The first-order valence-electron chi connectivity index (χ1n) is 11.9. The molecule has 0 bridgehead atoms. The fourth-order valence-electron chi connectivity index (χ4n) is 4.06. The number of benzene rings is 2.